The Morgan fingerprint density at radius 2 is 0.793 bits per heavy atom. The SMILES string of the molecule is C.C.CC(C)Cc1c(Br)ccc2[nH]cnc12.CC(C)Cc1c(C#N)ccc2c1ncn2-c1ncnc(N)c1Cl.CC(C)Cc1c(C(N)=O)ccc2c1ncn2-c1ncnc(N)c1Cl.CC(C)Cc1c(C(N)=O)ccc2c1ncn2-c1ncnc(N)c1Cl.Nc1ncnc(Cl)c1Cl.[C-]#[N+]c1ccc2[nH]cnc2c1CC(C)C. The molecule has 0 aliphatic rings. The molecule has 28 nitrogen and oxygen atoms in total. The normalized spacial score (nSPS) is 10.9. The van der Waals surface area contributed by atoms with E-state index in [-0.39, 0.29) is 63.4 Å². The summed E-state index contributed by atoms with van der Waals surface area (Å²) < 4.78 is 6.38. The summed E-state index contributed by atoms with van der Waals surface area (Å²) in [6, 6.07) is 20.8. The third-order valence-electron chi connectivity index (χ3n) is 16.5. The Labute approximate surface area is 675 Å². The predicted molar refractivity (Wildman–Crippen MR) is 449 cm³/mol. The standard InChI is InChI=1S/2C16H17ClN6O.C16H15ClN6.C12H13N3.C11H13BrN2.C4H3Cl2N3.2CH4/c2*1-8(2)5-10-9(15(19)24)3-4-11-13(10)22-7-23(11)16-12(17)14(18)20-6-21-16;1-9(2)5-11-10(6-18)3-4-12-14(11)22-8-23(12)16-13(17)15(19)20-7-21-16;1-8(2)6-9-10(13-3)4-5-11-12(9)15-7-14-11;1-7(2)5-8-9(12)3-4-10-11(8)14-6-13-10;5-2-3(6)8-1-9-4(2)7;;/h2*3-4,6-8H,5H2,1-2H3,(H2,19,24)(H2,18,20,21);3-4,7-9H,5H2,1-2H3,(H2,19,20,21);4-5,7-8H,6H2,1-2H3,(H,14,15);3-4,6-7H,5H2,1-2H3,(H,13,14);1H,(H2,7,8,9);2*1H4. The molecule has 5 aromatic carbocycles. The van der Waals surface area contributed by atoms with Crippen molar-refractivity contribution in [1.29, 1.82) is 5.26 Å². The quantitative estimate of drug-likeness (QED) is 0.0349. The van der Waals surface area contributed by atoms with Gasteiger partial charge < -0.3 is 44.4 Å². The second-order valence-corrected chi connectivity index (χ2v) is 29.6. The Bertz CT molecular complexity index is 5540. The Balaban J connectivity index is 0.000000189. The molecule has 111 heavy (non-hydrogen) atoms. The van der Waals surface area contributed by atoms with Crippen LogP contribution in [0.25, 0.3) is 77.5 Å². The molecule has 0 saturated carbocycles. The molecule has 0 radical (unpaired) electrons. The lowest BCUT2D eigenvalue weighted by atomic mass is 9.96. The zero-order valence-corrected chi connectivity index (χ0v) is 66.4. The number of primary amides is 2. The van der Waals surface area contributed by atoms with Gasteiger partial charge in [0.1, 0.15) is 87.7 Å². The molecule has 0 fully saturated rings. The fourth-order valence-electron chi connectivity index (χ4n) is 11.7. The molecule has 0 unspecified atom stereocenters. The zero-order valence-electron chi connectivity index (χ0n) is 61.0. The van der Waals surface area contributed by atoms with Crippen LogP contribution in [0.1, 0.15) is 138 Å². The van der Waals surface area contributed by atoms with E-state index in [0.717, 1.165) is 95.8 Å². The Hall–Kier alpha value is -11.2. The number of carbonyl (C=O) groups excluding carboxylic acids is 2. The van der Waals surface area contributed by atoms with Gasteiger partial charge in [-0.25, -0.2) is 69.6 Å². The number of benzene rings is 5. The topological polar surface area (TPSA) is 432 Å². The summed E-state index contributed by atoms with van der Waals surface area (Å²) in [5.41, 5.74) is 49.6. The number of aromatic nitrogens is 18. The van der Waals surface area contributed by atoms with Gasteiger partial charge in [-0.3, -0.25) is 23.3 Å². The molecule has 0 atom stereocenters. The number of aromatic amines is 2. The Kier molecular flexibility index (Phi) is 30.5. The molecule has 0 saturated heterocycles. The fourth-order valence-corrected chi connectivity index (χ4v) is 13.0. The number of nitrogen functional groups attached to an aromatic ring is 4. The van der Waals surface area contributed by atoms with Crippen LogP contribution in [0.5, 0.6) is 0 Å². The first-order valence-corrected chi connectivity index (χ1v) is 36.7. The molecule has 0 aliphatic carbocycles. The van der Waals surface area contributed by atoms with Crippen molar-refractivity contribution < 1.29 is 9.59 Å². The highest BCUT2D eigenvalue weighted by atomic mass is 79.9. The van der Waals surface area contributed by atoms with Crippen molar-refractivity contribution in [3.05, 3.63) is 203 Å². The molecule has 578 valence electrons. The van der Waals surface area contributed by atoms with Crippen LogP contribution < -0.4 is 34.4 Å². The monoisotopic (exact) mass is 1660 g/mol. The Morgan fingerprint density at radius 3 is 1.16 bits per heavy atom. The van der Waals surface area contributed by atoms with E-state index in [1.54, 1.807) is 75.7 Å². The summed E-state index contributed by atoms with van der Waals surface area (Å²) in [6.07, 6.45) is 17.7. The number of fused-ring (bicyclic) bond motifs is 5. The minimum absolute atomic E-state index is 0. The van der Waals surface area contributed by atoms with Gasteiger partial charge in [-0.15, -0.1) is 0 Å². The highest BCUT2D eigenvalue weighted by molar-refractivity contribution is 9.10. The molecule has 0 bridgehead atoms. The number of anilines is 4. The molecule has 14 aromatic rings. The number of carbonyl (C=O) groups is 2. The van der Waals surface area contributed by atoms with Crippen LogP contribution in [0.2, 0.25) is 25.2 Å². The molecular weight excluding hydrogens is 1580 g/mol. The molecule has 0 spiro atoms. The largest absolute Gasteiger partial charge is 0.382 e. The zero-order chi connectivity index (χ0) is 79.2. The minimum atomic E-state index is -0.466. The summed E-state index contributed by atoms with van der Waals surface area (Å²) >= 11 is 33.2. The maximum atomic E-state index is 11.8. The third kappa shape index (κ3) is 20.5. The van der Waals surface area contributed by atoms with Crippen LogP contribution in [0, 0.1) is 47.5 Å². The number of rotatable bonds is 15. The lowest BCUT2D eigenvalue weighted by molar-refractivity contribution is 0.0991. The number of nitrogens with zero attached hydrogens (tertiary/aromatic N) is 18. The van der Waals surface area contributed by atoms with Crippen molar-refractivity contribution in [1.82, 2.24) is 88.5 Å². The summed E-state index contributed by atoms with van der Waals surface area (Å²) in [5.74, 6) is 3.51. The fraction of sp³-hybridized carbons (Fsp3) is 0.286. The lowest BCUT2D eigenvalue weighted by Gasteiger charge is -2.11. The second-order valence-electron chi connectivity index (χ2n) is 26.9. The number of imidazole rings is 5. The number of nitrogens with two attached hydrogens (primary N) is 6. The highest BCUT2D eigenvalue weighted by Gasteiger charge is 2.23. The van der Waals surface area contributed by atoms with Gasteiger partial charge in [-0.05, 0) is 144 Å². The van der Waals surface area contributed by atoms with Crippen LogP contribution in [-0.2, 0) is 32.1 Å². The van der Waals surface area contributed by atoms with E-state index in [0.29, 0.717) is 87.6 Å². The summed E-state index contributed by atoms with van der Waals surface area (Å²) in [4.78, 5) is 86.6. The van der Waals surface area contributed by atoms with E-state index in [9.17, 15) is 14.9 Å². The number of hydrogen-bond acceptors (Lipinski definition) is 20. The predicted octanol–water partition coefficient (Wildman–Crippen LogP) is 17.3. The van der Waals surface area contributed by atoms with E-state index in [2.05, 4.69) is 183 Å². The lowest BCUT2D eigenvalue weighted by Crippen LogP contribution is -2.15. The maximum Gasteiger partial charge on any atom is 0.249 e. The van der Waals surface area contributed by atoms with Gasteiger partial charge in [0.2, 0.25) is 11.8 Å². The van der Waals surface area contributed by atoms with Crippen molar-refractivity contribution in [3.8, 4) is 23.5 Å². The smallest absolute Gasteiger partial charge is 0.249 e. The summed E-state index contributed by atoms with van der Waals surface area (Å²) in [6.45, 7) is 28.4. The van der Waals surface area contributed by atoms with E-state index in [4.69, 9.17) is 99.0 Å². The van der Waals surface area contributed by atoms with Crippen molar-refractivity contribution in [2.75, 3.05) is 22.9 Å². The van der Waals surface area contributed by atoms with Crippen molar-refractivity contribution in [3.63, 3.8) is 0 Å². The van der Waals surface area contributed by atoms with Gasteiger partial charge >= 0.3 is 0 Å². The number of amides is 2. The molecule has 34 heteroatoms. The van der Waals surface area contributed by atoms with Gasteiger partial charge in [-0.2, -0.15) is 5.26 Å². The highest BCUT2D eigenvalue weighted by Crippen LogP contribution is 2.35. The number of nitriles is 1. The van der Waals surface area contributed by atoms with Gasteiger partial charge in [0.15, 0.2) is 28.3 Å². The molecule has 9 heterocycles. The summed E-state index contributed by atoms with van der Waals surface area (Å²) in [7, 11) is 0. The van der Waals surface area contributed by atoms with Gasteiger partial charge in [-0.1, -0.05) is 164 Å². The van der Waals surface area contributed by atoms with Crippen LogP contribution >= 0.6 is 73.9 Å². The Morgan fingerprint density at radius 1 is 0.450 bits per heavy atom. The molecule has 14 rings (SSSR count). The number of hydrogen-bond donors (Lipinski definition) is 8. The van der Waals surface area contributed by atoms with E-state index in [1.165, 1.54) is 30.9 Å². The van der Waals surface area contributed by atoms with Crippen LogP contribution in [0.15, 0.2) is 122 Å². The first kappa shape index (κ1) is 87.1. The van der Waals surface area contributed by atoms with Crippen molar-refractivity contribution in [2.45, 2.75) is 116 Å². The van der Waals surface area contributed by atoms with Crippen LogP contribution in [-0.4, -0.2) is 100 Å². The number of nitrogens with one attached hydrogen (secondary N) is 2. The molecule has 14 N–H and O–H groups in total. The van der Waals surface area contributed by atoms with E-state index in [1.807, 2.05) is 18.2 Å². The van der Waals surface area contributed by atoms with E-state index < -0.39 is 11.8 Å². The average Bonchev–Trinajstić information content (AvgIpc) is 1.62. The second kappa shape index (κ2) is 38.9. The van der Waals surface area contributed by atoms with Crippen LogP contribution in [0.4, 0.5) is 29.0 Å². The minimum Gasteiger partial charge on any atom is -0.382 e. The maximum absolute atomic E-state index is 11.8. The van der Waals surface area contributed by atoms with E-state index >= 15 is 0 Å². The third-order valence-corrected chi connectivity index (χ3v) is 19.1. The molecule has 2 amide bonds. The van der Waals surface area contributed by atoms with Gasteiger partial charge in [0, 0.05) is 15.6 Å². The first-order chi connectivity index (χ1) is 51.9. The van der Waals surface area contributed by atoms with Gasteiger partial charge in [0.25, 0.3) is 0 Å². The molecular formula is C77H86BrCl5N26O2. The summed E-state index contributed by atoms with van der Waals surface area (Å²) in [5, 5.41) is 10.5. The number of H-pyrrole nitrogens is 2. The molecule has 0 aliphatic heterocycles. The average molecular weight is 1660 g/mol. The van der Waals surface area contributed by atoms with Gasteiger partial charge in [0.05, 0.1) is 86.0 Å². The number of halogens is 6. The molecule has 9 aromatic heterocycles. The van der Waals surface area contributed by atoms with Crippen molar-refractivity contribution >= 4 is 170 Å². The first-order valence-electron chi connectivity index (χ1n) is 34.0. The van der Waals surface area contributed by atoms with Crippen molar-refractivity contribution in [2.24, 2.45) is 41.1 Å². The van der Waals surface area contributed by atoms with Crippen LogP contribution in [0.3, 0.4) is 0 Å².